The summed E-state index contributed by atoms with van der Waals surface area (Å²) in [6.07, 6.45) is -3.64. The molecule has 0 aromatic carbocycles. The van der Waals surface area contributed by atoms with Crippen LogP contribution in [0.2, 0.25) is 5.02 Å². The summed E-state index contributed by atoms with van der Waals surface area (Å²) < 4.78 is 40.4. The second kappa shape index (κ2) is 7.12. The lowest BCUT2D eigenvalue weighted by atomic mass is 10.2. The third-order valence-electron chi connectivity index (χ3n) is 3.48. The molecule has 3 rings (SSSR count). The summed E-state index contributed by atoms with van der Waals surface area (Å²) in [7, 11) is 3.57. The van der Waals surface area contributed by atoms with Crippen LogP contribution in [0.25, 0.3) is 5.65 Å². The van der Waals surface area contributed by atoms with E-state index in [1.54, 1.807) is 19.0 Å². The molecule has 0 aliphatic carbocycles. The second-order valence-corrected chi connectivity index (χ2v) is 7.52. The van der Waals surface area contributed by atoms with Gasteiger partial charge in [-0.05, 0) is 17.8 Å². The van der Waals surface area contributed by atoms with Gasteiger partial charge in [-0.15, -0.1) is 10.2 Å². The topological polar surface area (TPSA) is 72.1 Å². The summed E-state index contributed by atoms with van der Waals surface area (Å²) in [6.45, 7) is 3.87. The molecule has 0 atom stereocenters. The molecule has 0 bridgehead atoms. The minimum absolute atomic E-state index is 0.0486. The number of hydrogen-bond donors (Lipinski definition) is 0. The van der Waals surface area contributed by atoms with Crippen molar-refractivity contribution < 1.29 is 13.2 Å². The Morgan fingerprint density at radius 3 is 2.44 bits per heavy atom. The van der Waals surface area contributed by atoms with Gasteiger partial charge in [0.15, 0.2) is 5.65 Å². The highest BCUT2D eigenvalue weighted by Gasteiger charge is 2.32. The van der Waals surface area contributed by atoms with E-state index in [4.69, 9.17) is 11.6 Å². The van der Waals surface area contributed by atoms with E-state index in [2.05, 4.69) is 25.1 Å². The van der Waals surface area contributed by atoms with E-state index in [-0.39, 0.29) is 21.7 Å². The normalized spacial score (nSPS) is 12.2. The van der Waals surface area contributed by atoms with Gasteiger partial charge in [-0.25, -0.2) is 4.98 Å². The van der Waals surface area contributed by atoms with Crippen LogP contribution in [0.3, 0.4) is 0 Å². The highest BCUT2D eigenvalue weighted by molar-refractivity contribution is 7.99. The number of anilines is 1. The van der Waals surface area contributed by atoms with Crippen molar-refractivity contribution >= 4 is 35.0 Å². The van der Waals surface area contributed by atoms with Crippen molar-refractivity contribution in [1.82, 2.24) is 29.5 Å². The maximum atomic E-state index is 13.1. The molecule has 0 aliphatic heterocycles. The number of fused-ring (bicyclic) bond motifs is 1. The standard InChI is InChI=1S/C15H15ClF3N7S/c1-7(2)10-20-12(25(3)4)22-13(21-10)27-14-24-23-11-9(16)5-8(6-26(11)14)15(17,18)19/h5-7H,1-4H3. The predicted octanol–water partition coefficient (Wildman–Crippen LogP) is 3.93. The Labute approximate surface area is 162 Å². The fourth-order valence-corrected chi connectivity index (χ4v) is 3.10. The van der Waals surface area contributed by atoms with E-state index in [1.165, 1.54) is 4.40 Å². The first-order valence-corrected chi connectivity index (χ1v) is 8.98. The molecule has 27 heavy (non-hydrogen) atoms. The highest BCUT2D eigenvalue weighted by atomic mass is 35.5. The van der Waals surface area contributed by atoms with Gasteiger partial charge in [0.1, 0.15) is 5.82 Å². The maximum absolute atomic E-state index is 13.1. The lowest BCUT2D eigenvalue weighted by Crippen LogP contribution is -2.15. The number of pyridine rings is 1. The Hall–Kier alpha value is -2.14. The lowest BCUT2D eigenvalue weighted by Gasteiger charge is -2.13. The van der Waals surface area contributed by atoms with Gasteiger partial charge >= 0.3 is 6.18 Å². The molecular weight excluding hydrogens is 403 g/mol. The van der Waals surface area contributed by atoms with E-state index in [0.717, 1.165) is 24.0 Å². The molecule has 0 spiro atoms. The van der Waals surface area contributed by atoms with Gasteiger partial charge in [-0.1, -0.05) is 25.4 Å². The van der Waals surface area contributed by atoms with Crippen molar-refractivity contribution in [3.63, 3.8) is 0 Å². The third kappa shape index (κ3) is 4.08. The van der Waals surface area contributed by atoms with E-state index in [9.17, 15) is 13.2 Å². The van der Waals surface area contributed by atoms with Gasteiger partial charge < -0.3 is 4.90 Å². The van der Waals surface area contributed by atoms with E-state index >= 15 is 0 Å². The van der Waals surface area contributed by atoms with Gasteiger partial charge in [-0.3, -0.25) is 4.40 Å². The van der Waals surface area contributed by atoms with Gasteiger partial charge in [-0.2, -0.15) is 23.1 Å². The molecule has 0 unspecified atom stereocenters. The molecular formula is C15H15ClF3N7S. The minimum Gasteiger partial charge on any atom is -0.347 e. The molecule has 0 saturated heterocycles. The highest BCUT2D eigenvalue weighted by Crippen LogP contribution is 2.34. The van der Waals surface area contributed by atoms with Gasteiger partial charge in [0, 0.05) is 26.2 Å². The Bertz CT molecular complexity index is 961. The van der Waals surface area contributed by atoms with Crippen LogP contribution >= 0.6 is 23.4 Å². The maximum Gasteiger partial charge on any atom is 0.417 e. The molecule has 3 aromatic heterocycles. The predicted molar refractivity (Wildman–Crippen MR) is 95.4 cm³/mol. The summed E-state index contributed by atoms with van der Waals surface area (Å²) in [5, 5.41) is 8.13. The lowest BCUT2D eigenvalue weighted by molar-refractivity contribution is -0.137. The van der Waals surface area contributed by atoms with Crippen molar-refractivity contribution in [2.45, 2.75) is 36.3 Å². The van der Waals surface area contributed by atoms with Crippen molar-refractivity contribution in [1.29, 1.82) is 0 Å². The van der Waals surface area contributed by atoms with Gasteiger partial charge in [0.2, 0.25) is 16.3 Å². The fourth-order valence-electron chi connectivity index (χ4n) is 2.10. The molecule has 0 fully saturated rings. The number of rotatable bonds is 4. The average molecular weight is 418 g/mol. The van der Waals surface area contributed by atoms with E-state index in [0.29, 0.717) is 16.9 Å². The molecule has 7 nitrogen and oxygen atoms in total. The molecule has 12 heteroatoms. The first-order valence-electron chi connectivity index (χ1n) is 7.79. The number of aromatic nitrogens is 6. The number of alkyl halides is 3. The van der Waals surface area contributed by atoms with E-state index in [1.807, 2.05) is 13.8 Å². The van der Waals surface area contributed by atoms with Crippen LogP contribution in [0.5, 0.6) is 0 Å². The van der Waals surface area contributed by atoms with Crippen LogP contribution in [0, 0.1) is 0 Å². The van der Waals surface area contributed by atoms with Crippen LogP contribution in [-0.4, -0.2) is 43.6 Å². The van der Waals surface area contributed by atoms with Crippen LogP contribution in [0.1, 0.15) is 31.2 Å². The Morgan fingerprint density at radius 2 is 1.85 bits per heavy atom. The minimum atomic E-state index is -4.54. The monoisotopic (exact) mass is 417 g/mol. The zero-order valence-electron chi connectivity index (χ0n) is 14.8. The summed E-state index contributed by atoms with van der Waals surface area (Å²) in [4.78, 5) is 14.8. The van der Waals surface area contributed by atoms with Crippen LogP contribution in [0.4, 0.5) is 19.1 Å². The SMILES string of the molecule is CC(C)c1nc(Sc2nnc3c(Cl)cc(C(F)(F)F)cn23)nc(N(C)C)n1. The molecule has 144 valence electrons. The van der Waals surface area contributed by atoms with Crippen LogP contribution < -0.4 is 4.90 Å². The van der Waals surface area contributed by atoms with Crippen molar-refractivity contribution in [3.05, 3.63) is 28.7 Å². The first-order chi connectivity index (χ1) is 12.6. The van der Waals surface area contributed by atoms with Crippen LogP contribution in [0.15, 0.2) is 22.6 Å². The smallest absolute Gasteiger partial charge is 0.347 e. The number of hydrogen-bond acceptors (Lipinski definition) is 7. The summed E-state index contributed by atoms with van der Waals surface area (Å²) in [6, 6.07) is 0.823. The summed E-state index contributed by atoms with van der Waals surface area (Å²) in [5.74, 6) is 1.06. The second-order valence-electron chi connectivity index (χ2n) is 6.18. The van der Waals surface area contributed by atoms with Crippen molar-refractivity contribution in [3.8, 4) is 0 Å². The van der Waals surface area contributed by atoms with E-state index < -0.39 is 11.7 Å². The van der Waals surface area contributed by atoms with Gasteiger partial charge in [0.05, 0.1) is 10.6 Å². The molecule has 0 radical (unpaired) electrons. The van der Waals surface area contributed by atoms with Crippen molar-refractivity contribution in [2.24, 2.45) is 0 Å². The summed E-state index contributed by atoms with van der Waals surface area (Å²) in [5.41, 5.74) is -0.771. The molecule has 3 aromatic rings. The first kappa shape index (κ1) is 19.6. The Kier molecular flexibility index (Phi) is 5.17. The quantitative estimate of drug-likeness (QED) is 0.636. The average Bonchev–Trinajstić information content (AvgIpc) is 2.97. The number of halogens is 4. The van der Waals surface area contributed by atoms with Gasteiger partial charge in [0.25, 0.3) is 0 Å². The van der Waals surface area contributed by atoms with Crippen molar-refractivity contribution in [2.75, 3.05) is 19.0 Å². The molecule has 3 heterocycles. The fraction of sp³-hybridized carbons (Fsp3) is 0.400. The molecule has 0 N–H and O–H groups in total. The zero-order valence-corrected chi connectivity index (χ0v) is 16.4. The molecule has 0 saturated carbocycles. The largest absolute Gasteiger partial charge is 0.417 e. The molecule has 0 amide bonds. The third-order valence-corrected chi connectivity index (χ3v) is 4.58. The number of nitrogens with zero attached hydrogens (tertiary/aromatic N) is 7. The van der Waals surface area contributed by atoms with Crippen LogP contribution in [-0.2, 0) is 6.18 Å². The summed E-state index contributed by atoms with van der Waals surface area (Å²) >= 11 is 6.93. The Morgan fingerprint density at radius 1 is 1.15 bits per heavy atom. The molecule has 0 aliphatic rings. The zero-order chi connectivity index (χ0) is 19.9. The Balaban J connectivity index is 2.08.